The molecule has 172 valence electrons. The van der Waals surface area contributed by atoms with Crippen molar-refractivity contribution >= 4 is 16.7 Å². The van der Waals surface area contributed by atoms with Crippen LogP contribution in [0.25, 0.3) is 16.7 Å². The molecule has 0 spiro atoms. The van der Waals surface area contributed by atoms with Crippen LogP contribution in [0.3, 0.4) is 0 Å². The lowest BCUT2D eigenvalue weighted by molar-refractivity contribution is 0.122. The monoisotopic (exact) mass is 443 g/mol. The SMILES string of the molecule is COc1nc(N2CCOCC2)cc(-n2ncc3cc(C)c(CC(F)CNCCN)cc32)n1. The van der Waals surface area contributed by atoms with Crippen molar-refractivity contribution in [2.45, 2.75) is 19.5 Å². The van der Waals surface area contributed by atoms with Crippen LogP contribution in [0, 0.1) is 6.92 Å². The average molecular weight is 444 g/mol. The van der Waals surface area contributed by atoms with Crippen LogP contribution in [-0.2, 0) is 11.2 Å². The maximum atomic E-state index is 14.5. The standard InChI is InChI=1S/C22H30FN7O2/c1-15-9-17-13-26-30(19(17)11-16(15)10-18(23)14-25-4-3-24)21-12-20(27-22(28-21)31-2)29-5-7-32-8-6-29/h9,11-13,18,25H,3-8,10,14,24H2,1-2H3. The van der Waals surface area contributed by atoms with Gasteiger partial charge < -0.3 is 25.4 Å². The molecular formula is C22H30FN7O2. The van der Waals surface area contributed by atoms with Crippen LogP contribution in [0.5, 0.6) is 6.01 Å². The van der Waals surface area contributed by atoms with Gasteiger partial charge in [0.25, 0.3) is 0 Å². The molecule has 0 radical (unpaired) electrons. The molecule has 1 atom stereocenters. The van der Waals surface area contributed by atoms with Crippen molar-refractivity contribution in [3.8, 4) is 11.8 Å². The number of morpholine rings is 1. The minimum atomic E-state index is -0.999. The van der Waals surface area contributed by atoms with Gasteiger partial charge in [-0.25, -0.2) is 9.07 Å². The maximum absolute atomic E-state index is 14.5. The van der Waals surface area contributed by atoms with Crippen LogP contribution in [0.2, 0.25) is 0 Å². The van der Waals surface area contributed by atoms with Crippen LogP contribution in [0.1, 0.15) is 11.1 Å². The quantitative estimate of drug-likeness (QED) is 0.479. The third kappa shape index (κ3) is 4.98. The van der Waals surface area contributed by atoms with Crippen LogP contribution in [0.15, 0.2) is 24.4 Å². The summed E-state index contributed by atoms with van der Waals surface area (Å²) in [5.41, 5.74) is 8.31. The summed E-state index contributed by atoms with van der Waals surface area (Å²) in [7, 11) is 1.55. The fraction of sp³-hybridized carbons (Fsp3) is 0.500. The average Bonchev–Trinajstić information content (AvgIpc) is 3.22. The molecule has 9 nitrogen and oxygen atoms in total. The Morgan fingerprint density at radius 2 is 2.00 bits per heavy atom. The van der Waals surface area contributed by atoms with E-state index in [1.54, 1.807) is 18.0 Å². The minimum absolute atomic E-state index is 0.273. The first-order chi connectivity index (χ1) is 15.6. The van der Waals surface area contributed by atoms with Crippen molar-refractivity contribution in [2.24, 2.45) is 5.73 Å². The second-order valence-corrected chi connectivity index (χ2v) is 7.86. The topological polar surface area (TPSA) is 103 Å². The van der Waals surface area contributed by atoms with Gasteiger partial charge >= 0.3 is 6.01 Å². The van der Waals surface area contributed by atoms with Crippen molar-refractivity contribution in [3.63, 3.8) is 0 Å². The van der Waals surface area contributed by atoms with Crippen LogP contribution in [0.4, 0.5) is 10.2 Å². The molecule has 3 N–H and O–H groups in total. The van der Waals surface area contributed by atoms with E-state index in [0.29, 0.717) is 38.5 Å². The second kappa shape index (κ2) is 10.2. The lowest BCUT2D eigenvalue weighted by atomic mass is 10.0. The zero-order valence-electron chi connectivity index (χ0n) is 18.6. The van der Waals surface area contributed by atoms with Gasteiger partial charge in [0.1, 0.15) is 12.0 Å². The normalized spacial score (nSPS) is 15.3. The van der Waals surface area contributed by atoms with E-state index in [9.17, 15) is 4.39 Å². The van der Waals surface area contributed by atoms with E-state index in [1.807, 2.05) is 25.1 Å². The number of rotatable bonds is 9. The highest BCUT2D eigenvalue weighted by Crippen LogP contribution is 2.26. The molecule has 1 saturated heterocycles. The summed E-state index contributed by atoms with van der Waals surface area (Å²) in [5, 5.41) is 8.56. The number of alkyl halides is 1. The predicted molar refractivity (Wildman–Crippen MR) is 122 cm³/mol. The molecule has 1 aliphatic rings. The van der Waals surface area contributed by atoms with Crippen molar-refractivity contribution < 1.29 is 13.9 Å². The largest absolute Gasteiger partial charge is 0.467 e. The van der Waals surface area contributed by atoms with E-state index in [4.69, 9.17) is 15.2 Å². The Bertz CT molecular complexity index is 1050. The number of ether oxygens (including phenoxy) is 2. The van der Waals surface area contributed by atoms with Gasteiger partial charge in [0, 0.05) is 50.6 Å². The summed E-state index contributed by atoms with van der Waals surface area (Å²) >= 11 is 0. The van der Waals surface area contributed by atoms with Crippen LogP contribution < -0.4 is 20.7 Å². The number of nitrogens with zero attached hydrogens (tertiary/aromatic N) is 5. The Labute approximate surface area is 186 Å². The van der Waals surface area contributed by atoms with E-state index in [2.05, 4.69) is 25.3 Å². The smallest absolute Gasteiger partial charge is 0.320 e. The molecule has 4 rings (SSSR count). The van der Waals surface area contributed by atoms with Crippen molar-refractivity contribution in [1.29, 1.82) is 0 Å². The van der Waals surface area contributed by atoms with Gasteiger partial charge in [-0.3, -0.25) is 0 Å². The number of hydrogen-bond acceptors (Lipinski definition) is 8. The highest BCUT2D eigenvalue weighted by atomic mass is 19.1. The highest BCUT2D eigenvalue weighted by Gasteiger charge is 2.18. The van der Waals surface area contributed by atoms with Crippen LogP contribution in [-0.4, -0.2) is 79.0 Å². The molecule has 2 aromatic heterocycles. The van der Waals surface area contributed by atoms with E-state index < -0.39 is 6.17 Å². The number of hydrogen-bond donors (Lipinski definition) is 2. The summed E-state index contributed by atoms with van der Waals surface area (Å²) in [4.78, 5) is 11.2. The first-order valence-corrected chi connectivity index (χ1v) is 10.9. The maximum Gasteiger partial charge on any atom is 0.320 e. The molecule has 10 heteroatoms. The third-order valence-electron chi connectivity index (χ3n) is 5.57. The Morgan fingerprint density at radius 3 is 2.75 bits per heavy atom. The Kier molecular flexibility index (Phi) is 7.13. The molecule has 3 heterocycles. The van der Waals surface area contributed by atoms with Crippen molar-refractivity contribution in [3.05, 3.63) is 35.5 Å². The predicted octanol–water partition coefficient (Wildman–Crippen LogP) is 1.40. The second-order valence-electron chi connectivity index (χ2n) is 7.86. The molecule has 0 saturated carbocycles. The zero-order valence-corrected chi connectivity index (χ0v) is 18.6. The molecule has 0 amide bonds. The number of anilines is 1. The van der Waals surface area contributed by atoms with Crippen molar-refractivity contribution in [2.75, 3.05) is 57.9 Å². The summed E-state index contributed by atoms with van der Waals surface area (Å²) in [6.07, 6.45) is 1.11. The lowest BCUT2D eigenvalue weighted by Gasteiger charge is -2.28. The molecule has 1 fully saturated rings. The van der Waals surface area contributed by atoms with Crippen LogP contribution >= 0.6 is 0 Å². The molecule has 3 aromatic rings. The van der Waals surface area contributed by atoms with Gasteiger partial charge in [0.15, 0.2) is 5.82 Å². The van der Waals surface area contributed by atoms with E-state index in [1.165, 1.54) is 0 Å². The number of methoxy groups -OCH3 is 1. The summed E-state index contributed by atoms with van der Waals surface area (Å²) < 4.78 is 27.1. The summed E-state index contributed by atoms with van der Waals surface area (Å²) in [5.74, 6) is 1.37. The lowest BCUT2D eigenvalue weighted by Crippen LogP contribution is -2.36. The number of aryl methyl sites for hydroxylation is 1. The van der Waals surface area contributed by atoms with E-state index >= 15 is 0 Å². The fourth-order valence-corrected chi connectivity index (χ4v) is 3.86. The highest BCUT2D eigenvalue weighted by molar-refractivity contribution is 5.82. The van der Waals surface area contributed by atoms with Gasteiger partial charge in [0.2, 0.25) is 0 Å². The number of benzene rings is 1. The first-order valence-electron chi connectivity index (χ1n) is 10.9. The molecule has 1 unspecified atom stereocenters. The fourth-order valence-electron chi connectivity index (χ4n) is 3.86. The molecule has 0 aliphatic carbocycles. The number of fused-ring (bicyclic) bond motifs is 1. The van der Waals surface area contributed by atoms with Crippen molar-refractivity contribution in [1.82, 2.24) is 25.1 Å². The Balaban J connectivity index is 1.67. The van der Waals surface area contributed by atoms with Gasteiger partial charge in [0.05, 0.1) is 32.0 Å². The number of aromatic nitrogens is 4. The Hall–Kier alpha value is -2.82. The number of nitrogens with two attached hydrogens (primary N) is 1. The molecule has 32 heavy (non-hydrogen) atoms. The molecule has 0 bridgehead atoms. The minimum Gasteiger partial charge on any atom is -0.467 e. The number of nitrogens with one attached hydrogen (secondary N) is 1. The third-order valence-corrected chi connectivity index (χ3v) is 5.57. The van der Waals surface area contributed by atoms with Gasteiger partial charge in [-0.05, 0) is 30.2 Å². The van der Waals surface area contributed by atoms with Gasteiger partial charge in [-0.1, -0.05) is 0 Å². The van der Waals surface area contributed by atoms with E-state index in [-0.39, 0.29) is 12.6 Å². The zero-order chi connectivity index (χ0) is 22.5. The first kappa shape index (κ1) is 22.4. The molecule has 1 aliphatic heterocycles. The number of halogens is 1. The molecular weight excluding hydrogens is 413 g/mol. The molecule has 1 aromatic carbocycles. The summed E-state index contributed by atoms with van der Waals surface area (Å²) in [6.45, 7) is 6.17. The Morgan fingerprint density at radius 1 is 1.22 bits per heavy atom. The summed E-state index contributed by atoms with van der Waals surface area (Å²) in [6, 6.07) is 6.20. The van der Waals surface area contributed by atoms with Gasteiger partial charge in [-0.2, -0.15) is 15.1 Å². The van der Waals surface area contributed by atoms with Gasteiger partial charge in [-0.15, -0.1) is 0 Å². The van der Waals surface area contributed by atoms with E-state index in [0.717, 1.165) is 40.9 Å².